The smallest absolute Gasteiger partial charge is 0.122 e. The number of hydrogen-bond donors (Lipinski definition) is 0. The SMILES string of the molecule is COc1ccccc1C1(C)CCCCC1. The molecular weight excluding hydrogens is 184 g/mol. The average molecular weight is 204 g/mol. The molecule has 0 radical (unpaired) electrons. The largest absolute Gasteiger partial charge is 0.496 e. The van der Waals surface area contributed by atoms with Gasteiger partial charge in [-0.2, -0.15) is 0 Å². The van der Waals surface area contributed by atoms with E-state index in [1.807, 2.05) is 0 Å². The molecule has 82 valence electrons. The number of para-hydroxylation sites is 1. The van der Waals surface area contributed by atoms with Crippen LogP contribution >= 0.6 is 0 Å². The summed E-state index contributed by atoms with van der Waals surface area (Å²) in [5.74, 6) is 1.06. The Kier molecular flexibility index (Phi) is 2.99. The van der Waals surface area contributed by atoms with Gasteiger partial charge in [0, 0.05) is 5.56 Å². The van der Waals surface area contributed by atoms with Crippen molar-refractivity contribution in [1.29, 1.82) is 0 Å². The zero-order valence-electron chi connectivity index (χ0n) is 9.75. The summed E-state index contributed by atoms with van der Waals surface area (Å²) in [6, 6.07) is 8.48. The second-order valence-corrected chi connectivity index (χ2v) is 4.82. The van der Waals surface area contributed by atoms with E-state index in [-0.39, 0.29) is 0 Å². The quantitative estimate of drug-likeness (QED) is 0.709. The second kappa shape index (κ2) is 4.26. The first-order valence-electron chi connectivity index (χ1n) is 5.90. The molecule has 0 aliphatic heterocycles. The van der Waals surface area contributed by atoms with Gasteiger partial charge in [-0.1, -0.05) is 44.4 Å². The number of ether oxygens (including phenoxy) is 1. The van der Waals surface area contributed by atoms with Gasteiger partial charge >= 0.3 is 0 Å². The van der Waals surface area contributed by atoms with Crippen LogP contribution in [-0.4, -0.2) is 7.11 Å². The molecule has 15 heavy (non-hydrogen) atoms. The summed E-state index contributed by atoms with van der Waals surface area (Å²) >= 11 is 0. The van der Waals surface area contributed by atoms with Crippen molar-refractivity contribution in [1.82, 2.24) is 0 Å². The van der Waals surface area contributed by atoms with Gasteiger partial charge in [0.1, 0.15) is 5.75 Å². The molecule has 1 heteroatoms. The van der Waals surface area contributed by atoms with Gasteiger partial charge in [-0.15, -0.1) is 0 Å². The van der Waals surface area contributed by atoms with Crippen LogP contribution in [0.25, 0.3) is 0 Å². The summed E-state index contributed by atoms with van der Waals surface area (Å²) in [6.07, 6.45) is 6.70. The Morgan fingerprint density at radius 1 is 1.07 bits per heavy atom. The van der Waals surface area contributed by atoms with Gasteiger partial charge in [0.05, 0.1) is 7.11 Å². The molecule has 0 spiro atoms. The predicted octanol–water partition coefficient (Wildman–Crippen LogP) is 3.92. The van der Waals surface area contributed by atoms with Crippen molar-refractivity contribution < 1.29 is 4.74 Å². The molecular formula is C14H20O. The number of benzene rings is 1. The predicted molar refractivity (Wildman–Crippen MR) is 63.4 cm³/mol. The van der Waals surface area contributed by atoms with Gasteiger partial charge in [-0.3, -0.25) is 0 Å². The van der Waals surface area contributed by atoms with Crippen LogP contribution in [0, 0.1) is 0 Å². The Bertz CT molecular complexity index is 324. The van der Waals surface area contributed by atoms with E-state index in [9.17, 15) is 0 Å². The van der Waals surface area contributed by atoms with Gasteiger partial charge in [0.25, 0.3) is 0 Å². The van der Waals surface area contributed by atoms with Crippen LogP contribution in [0.4, 0.5) is 0 Å². The van der Waals surface area contributed by atoms with Crippen LogP contribution in [0.15, 0.2) is 24.3 Å². The van der Waals surface area contributed by atoms with Crippen molar-refractivity contribution in [3.63, 3.8) is 0 Å². The molecule has 0 atom stereocenters. The second-order valence-electron chi connectivity index (χ2n) is 4.82. The lowest BCUT2D eigenvalue weighted by atomic mass is 9.71. The van der Waals surface area contributed by atoms with Gasteiger partial charge in [-0.25, -0.2) is 0 Å². The standard InChI is InChI=1S/C14H20O/c1-14(10-6-3-7-11-14)12-8-4-5-9-13(12)15-2/h4-5,8-9H,3,6-7,10-11H2,1-2H3. The van der Waals surface area contributed by atoms with Crippen LogP contribution in [0.5, 0.6) is 5.75 Å². The van der Waals surface area contributed by atoms with Crippen LogP contribution in [-0.2, 0) is 5.41 Å². The lowest BCUT2D eigenvalue weighted by Gasteiger charge is -2.35. The summed E-state index contributed by atoms with van der Waals surface area (Å²) in [4.78, 5) is 0. The summed E-state index contributed by atoms with van der Waals surface area (Å²) in [7, 11) is 1.77. The van der Waals surface area contributed by atoms with E-state index in [2.05, 4.69) is 31.2 Å². The molecule has 0 saturated heterocycles. The molecule has 1 aromatic rings. The van der Waals surface area contributed by atoms with Crippen molar-refractivity contribution in [2.45, 2.75) is 44.4 Å². The Balaban J connectivity index is 2.34. The van der Waals surface area contributed by atoms with E-state index in [0.717, 1.165) is 5.75 Å². The fourth-order valence-electron chi connectivity index (χ4n) is 2.74. The molecule has 1 saturated carbocycles. The number of hydrogen-bond acceptors (Lipinski definition) is 1. The third-order valence-corrected chi connectivity index (χ3v) is 3.71. The van der Waals surface area contributed by atoms with Crippen LogP contribution in [0.1, 0.15) is 44.6 Å². The fraction of sp³-hybridized carbons (Fsp3) is 0.571. The fourth-order valence-corrected chi connectivity index (χ4v) is 2.74. The number of methoxy groups -OCH3 is 1. The molecule has 1 nitrogen and oxygen atoms in total. The molecule has 0 aromatic heterocycles. The molecule has 1 aromatic carbocycles. The first kappa shape index (κ1) is 10.5. The Hall–Kier alpha value is -0.980. The highest BCUT2D eigenvalue weighted by Crippen LogP contribution is 2.42. The molecule has 0 bridgehead atoms. The number of rotatable bonds is 2. The van der Waals surface area contributed by atoms with Crippen LogP contribution < -0.4 is 4.74 Å². The maximum Gasteiger partial charge on any atom is 0.122 e. The monoisotopic (exact) mass is 204 g/mol. The van der Waals surface area contributed by atoms with Crippen LogP contribution in [0.2, 0.25) is 0 Å². The molecule has 0 heterocycles. The molecule has 2 rings (SSSR count). The van der Waals surface area contributed by atoms with E-state index in [1.54, 1.807) is 7.11 Å². The van der Waals surface area contributed by atoms with Crippen molar-refractivity contribution >= 4 is 0 Å². The molecule has 1 aliphatic rings. The summed E-state index contributed by atoms with van der Waals surface area (Å²) in [6.45, 7) is 2.38. The third-order valence-electron chi connectivity index (χ3n) is 3.71. The summed E-state index contributed by atoms with van der Waals surface area (Å²) < 4.78 is 5.46. The van der Waals surface area contributed by atoms with Gasteiger partial charge in [0.15, 0.2) is 0 Å². The molecule has 1 aliphatic carbocycles. The maximum atomic E-state index is 5.46. The Morgan fingerprint density at radius 3 is 2.40 bits per heavy atom. The topological polar surface area (TPSA) is 9.23 Å². The summed E-state index contributed by atoms with van der Waals surface area (Å²) in [5, 5.41) is 0. The minimum atomic E-state index is 0.338. The highest BCUT2D eigenvalue weighted by Gasteiger charge is 2.30. The van der Waals surface area contributed by atoms with Crippen LogP contribution in [0.3, 0.4) is 0 Å². The van der Waals surface area contributed by atoms with Crippen molar-refractivity contribution in [2.75, 3.05) is 7.11 Å². The third kappa shape index (κ3) is 2.01. The van der Waals surface area contributed by atoms with Gasteiger partial charge in [0.2, 0.25) is 0 Å². The highest BCUT2D eigenvalue weighted by atomic mass is 16.5. The Morgan fingerprint density at radius 2 is 1.73 bits per heavy atom. The van der Waals surface area contributed by atoms with E-state index in [4.69, 9.17) is 4.74 Å². The summed E-state index contributed by atoms with van der Waals surface area (Å²) in [5.41, 5.74) is 1.73. The highest BCUT2D eigenvalue weighted by molar-refractivity contribution is 5.39. The minimum Gasteiger partial charge on any atom is -0.496 e. The van der Waals surface area contributed by atoms with Gasteiger partial charge < -0.3 is 4.74 Å². The molecule has 1 fully saturated rings. The van der Waals surface area contributed by atoms with Crippen molar-refractivity contribution in [3.8, 4) is 5.75 Å². The van der Waals surface area contributed by atoms with Crippen molar-refractivity contribution in [3.05, 3.63) is 29.8 Å². The van der Waals surface area contributed by atoms with E-state index in [1.165, 1.54) is 37.7 Å². The van der Waals surface area contributed by atoms with Gasteiger partial charge in [-0.05, 0) is 24.3 Å². The first-order chi connectivity index (χ1) is 7.26. The zero-order chi connectivity index (χ0) is 10.7. The lowest BCUT2D eigenvalue weighted by molar-refractivity contribution is 0.304. The lowest BCUT2D eigenvalue weighted by Crippen LogP contribution is -2.25. The first-order valence-corrected chi connectivity index (χ1v) is 5.90. The van der Waals surface area contributed by atoms with E-state index >= 15 is 0 Å². The van der Waals surface area contributed by atoms with Crippen molar-refractivity contribution in [2.24, 2.45) is 0 Å². The normalized spacial score (nSPS) is 19.9. The molecule has 0 unspecified atom stereocenters. The van der Waals surface area contributed by atoms with E-state index in [0.29, 0.717) is 5.41 Å². The maximum absolute atomic E-state index is 5.46. The zero-order valence-corrected chi connectivity index (χ0v) is 9.75. The average Bonchev–Trinajstić information content (AvgIpc) is 2.30. The Labute approximate surface area is 92.5 Å². The molecule has 0 N–H and O–H groups in total. The van der Waals surface area contributed by atoms with E-state index < -0.39 is 0 Å². The minimum absolute atomic E-state index is 0.338. The molecule has 0 amide bonds.